The van der Waals surface area contributed by atoms with Crippen molar-refractivity contribution in [2.24, 2.45) is 11.7 Å². The van der Waals surface area contributed by atoms with Crippen LogP contribution in [0.5, 0.6) is 0 Å². The Morgan fingerprint density at radius 1 is 1.04 bits per heavy atom. The van der Waals surface area contributed by atoms with Crippen molar-refractivity contribution >= 4 is 29.9 Å². The molecule has 0 aliphatic heterocycles. The van der Waals surface area contributed by atoms with E-state index in [2.05, 4.69) is 10.6 Å². The minimum absolute atomic E-state index is 0. The zero-order valence-electron chi connectivity index (χ0n) is 15.1. The lowest BCUT2D eigenvalue weighted by atomic mass is 10.1. The standard InChI is InChI=1S/C20H25N3O2.ClH/c1-14(2)10-19(24)23-18-5-3-4-16(11-18)13-22-20(25)17-8-6-15(12-21)7-9-17;/h3-9,11,14H,10,12-13,21H2,1-2H3,(H,22,25)(H,23,24);1H. The normalized spacial score (nSPS) is 10.2. The topological polar surface area (TPSA) is 84.2 Å². The second kappa shape index (κ2) is 10.6. The van der Waals surface area contributed by atoms with Gasteiger partial charge >= 0.3 is 0 Å². The lowest BCUT2D eigenvalue weighted by molar-refractivity contribution is -0.116. The lowest BCUT2D eigenvalue weighted by Crippen LogP contribution is -2.23. The van der Waals surface area contributed by atoms with Gasteiger partial charge in [-0.3, -0.25) is 9.59 Å². The molecule has 0 atom stereocenters. The van der Waals surface area contributed by atoms with Gasteiger partial charge in [-0.05, 0) is 41.3 Å². The molecule has 0 bridgehead atoms. The summed E-state index contributed by atoms with van der Waals surface area (Å²) in [5, 5.41) is 5.76. The molecular weight excluding hydrogens is 350 g/mol. The van der Waals surface area contributed by atoms with Crippen molar-refractivity contribution in [2.75, 3.05) is 5.32 Å². The number of halogens is 1. The van der Waals surface area contributed by atoms with Crippen LogP contribution < -0.4 is 16.4 Å². The van der Waals surface area contributed by atoms with E-state index in [1.54, 1.807) is 12.1 Å². The SMILES string of the molecule is CC(C)CC(=O)Nc1cccc(CNC(=O)c2ccc(CN)cc2)c1.Cl. The van der Waals surface area contributed by atoms with Crippen LogP contribution in [0.15, 0.2) is 48.5 Å². The molecule has 2 aromatic rings. The molecule has 140 valence electrons. The minimum atomic E-state index is -0.141. The molecule has 0 unspecified atom stereocenters. The summed E-state index contributed by atoms with van der Waals surface area (Å²) in [5.74, 6) is 0.169. The van der Waals surface area contributed by atoms with Crippen molar-refractivity contribution in [3.8, 4) is 0 Å². The number of rotatable bonds is 7. The summed E-state index contributed by atoms with van der Waals surface area (Å²) in [6.45, 7) is 4.86. The van der Waals surface area contributed by atoms with Gasteiger partial charge in [0.1, 0.15) is 0 Å². The third-order valence-electron chi connectivity index (χ3n) is 3.71. The molecule has 2 amide bonds. The monoisotopic (exact) mass is 375 g/mol. The van der Waals surface area contributed by atoms with Crippen LogP contribution in [0, 0.1) is 5.92 Å². The van der Waals surface area contributed by atoms with E-state index in [0.29, 0.717) is 31.0 Å². The number of carbonyl (C=O) groups excluding carboxylic acids is 2. The Morgan fingerprint density at radius 2 is 1.73 bits per heavy atom. The van der Waals surface area contributed by atoms with Gasteiger partial charge in [0.25, 0.3) is 5.91 Å². The maximum atomic E-state index is 12.2. The van der Waals surface area contributed by atoms with Crippen molar-refractivity contribution in [3.63, 3.8) is 0 Å². The zero-order chi connectivity index (χ0) is 18.2. The summed E-state index contributed by atoms with van der Waals surface area (Å²) in [6.07, 6.45) is 0.486. The van der Waals surface area contributed by atoms with Crippen molar-refractivity contribution in [3.05, 3.63) is 65.2 Å². The Hall–Kier alpha value is -2.37. The predicted octanol–water partition coefficient (Wildman–Crippen LogP) is 3.48. The van der Waals surface area contributed by atoms with Crippen LogP contribution in [-0.4, -0.2) is 11.8 Å². The van der Waals surface area contributed by atoms with Crippen molar-refractivity contribution in [1.82, 2.24) is 5.32 Å². The Bertz CT molecular complexity index is 730. The average Bonchev–Trinajstić information content (AvgIpc) is 2.59. The summed E-state index contributed by atoms with van der Waals surface area (Å²) in [5.41, 5.74) is 8.80. The average molecular weight is 376 g/mol. The highest BCUT2D eigenvalue weighted by Crippen LogP contribution is 2.12. The number of hydrogen-bond donors (Lipinski definition) is 3. The van der Waals surface area contributed by atoms with Crippen LogP contribution in [0.2, 0.25) is 0 Å². The number of nitrogens with two attached hydrogens (primary N) is 1. The van der Waals surface area contributed by atoms with E-state index in [0.717, 1.165) is 16.8 Å². The fourth-order valence-electron chi connectivity index (χ4n) is 2.42. The molecule has 0 aliphatic carbocycles. The van der Waals surface area contributed by atoms with E-state index in [9.17, 15) is 9.59 Å². The smallest absolute Gasteiger partial charge is 0.251 e. The number of nitrogens with one attached hydrogen (secondary N) is 2. The number of hydrogen-bond acceptors (Lipinski definition) is 3. The highest BCUT2D eigenvalue weighted by atomic mass is 35.5. The van der Waals surface area contributed by atoms with Gasteiger partial charge in [0, 0.05) is 30.8 Å². The van der Waals surface area contributed by atoms with Crippen molar-refractivity contribution in [1.29, 1.82) is 0 Å². The molecule has 26 heavy (non-hydrogen) atoms. The molecule has 0 heterocycles. The van der Waals surface area contributed by atoms with Crippen LogP contribution in [0.4, 0.5) is 5.69 Å². The molecular formula is C20H26ClN3O2. The van der Waals surface area contributed by atoms with E-state index in [1.165, 1.54) is 0 Å². The Labute approximate surface area is 160 Å². The van der Waals surface area contributed by atoms with Gasteiger partial charge in [0.15, 0.2) is 0 Å². The Balaban J connectivity index is 0.00000338. The van der Waals surface area contributed by atoms with Gasteiger partial charge < -0.3 is 16.4 Å². The summed E-state index contributed by atoms with van der Waals surface area (Å²) >= 11 is 0. The highest BCUT2D eigenvalue weighted by molar-refractivity contribution is 5.94. The third-order valence-corrected chi connectivity index (χ3v) is 3.71. The first-order valence-corrected chi connectivity index (χ1v) is 8.44. The van der Waals surface area contributed by atoms with Crippen LogP contribution >= 0.6 is 12.4 Å². The summed E-state index contributed by atoms with van der Waals surface area (Å²) in [4.78, 5) is 24.0. The van der Waals surface area contributed by atoms with E-state index < -0.39 is 0 Å². The molecule has 0 aliphatic rings. The molecule has 0 radical (unpaired) electrons. The molecule has 5 nitrogen and oxygen atoms in total. The second-order valence-electron chi connectivity index (χ2n) is 6.43. The van der Waals surface area contributed by atoms with E-state index >= 15 is 0 Å². The molecule has 0 spiro atoms. The molecule has 0 aromatic heterocycles. The summed E-state index contributed by atoms with van der Waals surface area (Å²) in [7, 11) is 0. The highest BCUT2D eigenvalue weighted by Gasteiger charge is 2.07. The van der Waals surface area contributed by atoms with Gasteiger partial charge in [0.05, 0.1) is 0 Å². The molecule has 0 saturated carbocycles. The van der Waals surface area contributed by atoms with Gasteiger partial charge in [-0.2, -0.15) is 0 Å². The molecule has 0 saturated heterocycles. The first-order valence-electron chi connectivity index (χ1n) is 8.44. The Morgan fingerprint density at radius 3 is 2.35 bits per heavy atom. The lowest BCUT2D eigenvalue weighted by Gasteiger charge is -2.10. The van der Waals surface area contributed by atoms with E-state index in [-0.39, 0.29) is 24.2 Å². The van der Waals surface area contributed by atoms with Gasteiger partial charge in [-0.15, -0.1) is 12.4 Å². The first-order chi connectivity index (χ1) is 12.0. The summed E-state index contributed by atoms with van der Waals surface area (Å²) in [6, 6.07) is 14.7. The summed E-state index contributed by atoms with van der Waals surface area (Å²) < 4.78 is 0. The number of benzene rings is 2. The van der Waals surface area contributed by atoms with Crippen LogP contribution in [0.3, 0.4) is 0 Å². The second-order valence-corrected chi connectivity index (χ2v) is 6.43. The molecule has 0 fully saturated rings. The first kappa shape index (κ1) is 21.7. The maximum Gasteiger partial charge on any atom is 0.251 e. The maximum absolute atomic E-state index is 12.2. The van der Waals surface area contributed by atoms with Crippen LogP contribution in [0.25, 0.3) is 0 Å². The third kappa shape index (κ3) is 6.86. The molecule has 2 rings (SSSR count). The predicted molar refractivity (Wildman–Crippen MR) is 107 cm³/mol. The zero-order valence-corrected chi connectivity index (χ0v) is 15.9. The Kier molecular flexibility index (Phi) is 8.82. The minimum Gasteiger partial charge on any atom is -0.348 e. The van der Waals surface area contributed by atoms with Gasteiger partial charge in [-0.1, -0.05) is 38.1 Å². The number of anilines is 1. The quantitative estimate of drug-likeness (QED) is 0.692. The fourth-order valence-corrected chi connectivity index (χ4v) is 2.42. The largest absolute Gasteiger partial charge is 0.348 e. The van der Waals surface area contributed by atoms with Gasteiger partial charge in [0.2, 0.25) is 5.91 Å². The van der Waals surface area contributed by atoms with Crippen molar-refractivity contribution in [2.45, 2.75) is 33.4 Å². The van der Waals surface area contributed by atoms with Crippen LogP contribution in [-0.2, 0) is 17.9 Å². The molecule has 6 heteroatoms. The molecule has 4 N–H and O–H groups in total. The van der Waals surface area contributed by atoms with Gasteiger partial charge in [-0.25, -0.2) is 0 Å². The van der Waals surface area contributed by atoms with Crippen molar-refractivity contribution < 1.29 is 9.59 Å². The van der Waals surface area contributed by atoms with Crippen LogP contribution in [0.1, 0.15) is 41.8 Å². The number of carbonyl (C=O) groups is 2. The van der Waals surface area contributed by atoms with E-state index in [4.69, 9.17) is 5.73 Å². The fraction of sp³-hybridized carbons (Fsp3) is 0.300. The molecule has 2 aromatic carbocycles. The number of amides is 2. The van der Waals surface area contributed by atoms with E-state index in [1.807, 2.05) is 50.2 Å².